The van der Waals surface area contributed by atoms with Crippen molar-refractivity contribution in [3.05, 3.63) is 66.2 Å². The molecule has 1 atom stereocenters. The molecule has 132 valence electrons. The number of aromatic nitrogens is 5. The zero-order valence-corrected chi connectivity index (χ0v) is 15.2. The lowest BCUT2D eigenvalue weighted by Gasteiger charge is -2.27. The summed E-state index contributed by atoms with van der Waals surface area (Å²) in [6, 6.07) is 7.43. The maximum Gasteiger partial charge on any atom is 0.138 e. The van der Waals surface area contributed by atoms with Gasteiger partial charge in [-0.05, 0) is 29.2 Å². The van der Waals surface area contributed by atoms with Crippen LogP contribution < -0.4 is 0 Å². The second kappa shape index (κ2) is 8.60. The van der Waals surface area contributed by atoms with Crippen LogP contribution in [0.5, 0.6) is 0 Å². The van der Waals surface area contributed by atoms with Gasteiger partial charge in [0.15, 0.2) is 0 Å². The minimum atomic E-state index is -0.667. The van der Waals surface area contributed by atoms with Crippen LogP contribution in [0.15, 0.2) is 55.6 Å². The van der Waals surface area contributed by atoms with Crippen molar-refractivity contribution >= 4 is 23.4 Å². The van der Waals surface area contributed by atoms with Crippen LogP contribution in [0.4, 0.5) is 0 Å². The summed E-state index contributed by atoms with van der Waals surface area (Å²) in [7, 11) is 0. The van der Waals surface area contributed by atoms with Gasteiger partial charge in [-0.2, -0.15) is 5.10 Å². The molecule has 2 aromatic heterocycles. The van der Waals surface area contributed by atoms with E-state index in [-0.39, 0.29) is 5.41 Å². The number of imidazole rings is 1. The highest BCUT2D eigenvalue weighted by atomic mass is 35.5. The van der Waals surface area contributed by atoms with Gasteiger partial charge in [0, 0.05) is 17.4 Å². The lowest BCUT2D eigenvalue weighted by atomic mass is 9.86. The van der Waals surface area contributed by atoms with Crippen molar-refractivity contribution in [1.29, 1.82) is 0 Å². The molecule has 0 radical (unpaired) electrons. The van der Waals surface area contributed by atoms with Gasteiger partial charge in [-0.3, -0.25) is 0 Å². The van der Waals surface area contributed by atoms with E-state index in [0.29, 0.717) is 10.7 Å². The van der Waals surface area contributed by atoms with Crippen molar-refractivity contribution in [1.82, 2.24) is 24.7 Å². The molecule has 0 aliphatic rings. The van der Waals surface area contributed by atoms with Crippen LogP contribution in [-0.2, 0) is 0 Å². The number of aromatic amines is 1. The van der Waals surface area contributed by atoms with E-state index in [1.54, 1.807) is 29.7 Å². The van der Waals surface area contributed by atoms with E-state index in [4.69, 9.17) is 11.6 Å². The molecule has 0 saturated heterocycles. The Morgan fingerprint density at radius 1 is 1.24 bits per heavy atom. The number of aliphatic hydroxyl groups excluding tert-OH is 1. The Labute approximate surface area is 152 Å². The summed E-state index contributed by atoms with van der Waals surface area (Å²) in [6.07, 6.45) is 9.34. The molecule has 0 saturated carbocycles. The molecular weight excluding hydrogens is 338 g/mol. The summed E-state index contributed by atoms with van der Waals surface area (Å²) in [4.78, 5) is 10.4. The van der Waals surface area contributed by atoms with Gasteiger partial charge in [-0.15, -0.1) is 0 Å². The number of H-pyrrole nitrogens is 1. The zero-order chi connectivity index (χ0) is 18.3. The molecule has 3 aromatic rings. The number of nitrogens with one attached hydrogen (secondary N) is 1. The molecule has 0 aliphatic carbocycles. The van der Waals surface area contributed by atoms with E-state index in [1.165, 1.54) is 6.33 Å². The zero-order valence-electron chi connectivity index (χ0n) is 14.5. The second-order valence-corrected chi connectivity index (χ2v) is 6.93. The van der Waals surface area contributed by atoms with Crippen LogP contribution >= 0.6 is 11.6 Å². The molecule has 2 N–H and O–H groups in total. The van der Waals surface area contributed by atoms with Gasteiger partial charge in [0.05, 0.1) is 12.0 Å². The van der Waals surface area contributed by atoms with Crippen LogP contribution in [0, 0.1) is 5.41 Å². The van der Waals surface area contributed by atoms with Gasteiger partial charge in [-0.1, -0.05) is 44.5 Å². The first kappa shape index (κ1) is 18.9. The van der Waals surface area contributed by atoms with Crippen LogP contribution in [0.1, 0.15) is 26.3 Å². The monoisotopic (exact) mass is 359 g/mol. The Morgan fingerprint density at radius 2 is 1.96 bits per heavy atom. The van der Waals surface area contributed by atoms with Gasteiger partial charge in [-0.25, -0.2) is 14.6 Å². The number of nitrogens with zero attached hydrogens (tertiary/aromatic N) is 4. The number of benzene rings is 1. The number of aliphatic hydroxyl groups is 1. The molecule has 6 nitrogen and oxygen atoms in total. The number of rotatable bonds is 3. The average molecular weight is 360 g/mol. The topological polar surface area (TPSA) is 79.6 Å². The number of hydrogen-bond acceptors (Lipinski definition) is 4. The number of halogens is 1. The highest BCUT2D eigenvalue weighted by Crippen LogP contribution is 2.28. The van der Waals surface area contributed by atoms with Crippen molar-refractivity contribution < 1.29 is 5.11 Å². The molecule has 1 unspecified atom stereocenters. The Bertz CT molecular complexity index is 742. The average Bonchev–Trinajstić information content (AvgIpc) is 3.28. The minimum Gasteiger partial charge on any atom is -0.386 e. The Morgan fingerprint density at radius 3 is 2.40 bits per heavy atom. The largest absolute Gasteiger partial charge is 0.386 e. The van der Waals surface area contributed by atoms with E-state index in [0.717, 1.165) is 5.56 Å². The van der Waals surface area contributed by atoms with Crippen molar-refractivity contribution in [2.24, 2.45) is 5.41 Å². The molecule has 1 aromatic carbocycles. The molecule has 0 amide bonds. The van der Waals surface area contributed by atoms with Crippen LogP contribution in [0.25, 0.3) is 11.8 Å². The SMILES string of the molecule is CC(C)(C)C(O)/C(=C\c1ccc(Cl)cc1)n1cncn1.c1c[nH]cn1. The fourth-order valence-electron chi connectivity index (χ4n) is 2.00. The first-order chi connectivity index (χ1) is 11.9. The van der Waals surface area contributed by atoms with E-state index < -0.39 is 6.10 Å². The molecule has 0 spiro atoms. The predicted molar refractivity (Wildman–Crippen MR) is 99.7 cm³/mol. The predicted octanol–water partition coefficient (Wildman–Crippen LogP) is 3.75. The number of hydrogen-bond donors (Lipinski definition) is 2. The Kier molecular flexibility index (Phi) is 6.50. The highest BCUT2D eigenvalue weighted by Gasteiger charge is 2.27. The molecule has 0 aliphatic heterocycles. The van der Waals surface area contributed by atoms with Crippen LogP contribution in [0.3, 0.4) is 0 Å². The molecule has 2 heterocycles. The molecule has 3 rings (SSSR count). The van der Waals surface area contributed by atoms with Gasteiger partial charge < -0.3 is 10.1 Å². The van der Waals surface area contributed by atoms with Gasteiger partial charge in [0.25, 0.3) is 0 Å². The third-order valence-electron chi connectivity index (χ3n) is 3.37. The first-order valence-electron chi connectivity index (χ1n) is 7.81. The fourth-order valence-corrected chi connectivity index (χ4v) is 2.13. The third kappa shape index (κ3) is 5.85. The fraction of sp³-hybridized carbons (Fsp3) is 0.278. The quantitative estimate of drug-likeness (QED) is 0.746. The van der Waals surface area contributed by atoms with Gasteiger partial charge in [0.2, 0.25) is 0 Å². The van der Waals surface area contributed by atoms with Crippen LogP contribution in [-0.4, -0.2) is 35.9 Å². The molecular formula is C18H22ClN5O. The van der Waals surface area contributed by atoms with Crippen molar-refractivity contribution in [3.8, 4) is 0 Å². The lowest BCUT2D eigenvalue weighted by Crippen LogP contribution is -2.29. The van der Waals surface area contributed by atoms with Crippen molar-refractivity contribution in [3.63, 3.8) is 0 Å². The summed E-state index contributed by atoms with van der Waals surface area (Å²) in [5.74, 6) is 0. The van der Waals surface area contributed by atoms with E-state index in [2.05, 4.69) is 20.1 Å². The molecule has 7 heteroatoms. The second-order valence-electron chi connectivity index (χ2n) is 6.49. The minimum absolute atomic E-state index is 0.301. The summed E-state index contributed by atoms with van der Waals surface area (Å²) < 4.78 is 1.59. The van der Waals surface area contributed by atoms with Crippen molar-refractivity contribution in [2.75, 3.05) is 0 Å². The van der Waals surface area contributed by atoms with E-state index in [9.17, 15) is 5.11 Å². The van der Waals surface area contributed by atoms with Gasteiger partial charge in [0.1, 0.15) is 18.8 Å². The Balaban J connectivity index is 0.000000386. The summed E-state index contributed by atoms with van der Waals surface area (Å²) >= 11 is 5.89. The van der Waals surface area contributed by atoms with Crippen LogP contribution in [0.2, 0.25) is 5.02 Å². The maximum atomic E-state index is 10.6. The van der Waals surface area contributed by atoms with E-state index in [1.807, 2.05) is 51.1 Å². The summed E-state index contributed by atoms with van der Waals surface area (Å²) in [6.45, 7) is 5.93. The first-order valence-corrected chi connectivity index (χ1v) is 8.18. The highest BCUT2D eigenvalue weighted by molar-refractivity contribution is 6.30. The van der Waals surface area contributed by atoms with E-state index >= 15 is 0 Å². The smallest absolute Gasteiger partial charge is 0.138 e. The molecule has 0 fully saturated rings. The lowest BCUT2D eigenvalue weighted by molar-refractivity contribution is 0.109. The maximum absolute atomic E-state index is 10.6. The standard InChI is InChI=1S/C15H18ClN3O.C3H4N2/c1-15(2,3)14(20)13(19-10-17-9-18-19)8-11-4-6-12(16)7-5-11;1-2-5-3-4-1/h4-10,14,20H,1-3H3;1-3H,(H,4,5)/b13-8+;. The molecule has 0 bridgehead atoms. The normalized spacial score (nSPS) is 13.1. The summed E-state index contributed by atoms with van der Waals surface area (Å²) in [5.41, 5.74) is 1.32. The van der Waals surface area contributed by atoms with Crippen molar-refractivity contribution in [2.45, 2.75) is 26.9 Å². The van der Waals surface area contributed by atoms with Gasteiger partial charge >= 0.3 is 0 Å². The summed E-state index contributed by atoms with van der Waals surface area (Å²) in [5, 5.41) is 15.3. The third-order valence-corrected chi connectivity index (χ3v) is 3.63. The molecule has 25 heavy (non-hydrogen) atoms. The Hall–Kier alpha value is -2.44.